The number of nitrogens with zero attached hydrogens (tertiary/aromatic N) is 3. The maximum atomic E-state index is 5.56. The Balaban J connectivity index is 1.52. The van der Waals surface area contributed by atoms with Crippen molar-refractivity contribution >= 4 is 12.8 Å². The summed E-state index contributed by atoms with van der Waals surface area (Å²) < 4.78 is 7.69. The number of thiol groups is 1. The van der Waals surface area contributed by atoms with Crippen LogP contribution in [0, 0.1) is 17.8 Å². The first-order chi connectivity index (χ1) is 10.8. The van der Waals surface area contributed by atoms with Crippen LogP contribution < -0.4 is 0 Å². The summed E-state index contributed by atoms with van der Waals surface area (Å²) in [4.78, 5) is 5.15. The Morgan fingerprint density at radius 1 is 1.00 bits per heavy atom. The van der Waals surface area contributed by atoms with Gasteiger partial charge < -0.3 is 14.5 Å². The smallest absolute Gasteiger partial charge is 0.107 e. The van der Waals surface area contributed by atoms with Gasteiger partial charge in [-0.1, -0.05) is 25.7 Å². The van der Waals surface area contributed by atoms with E-state index >= 15 is 0 Å². The molecule has 0 N–H and O–H groups in total. The molecule has 0 aliphatic carbocycles. The SMILES string of the molecule is CCC#CCOCCN1CCC(CN2CCN(S)CC2)CC1. The number of piperidine rings is 1. The van der Waals surface area contributed by atoms with Crippen molar-refractivity contribution in [3.05, 3.63) is 0 Å². The highest BCUT2D eigenvalue weighted by Crippen LogP contribution is 2.19. The second kappa shape index (κ2) is 10.5. The Morgan fingerprint density at radius 3 is 2.41 bits per heavy atom. The fourth-order valence-electron chi connectivity index (χ4n) is 3.17. The van der Waals surface area contributed by atoms with Crippen LogP contribution in [0.3, 0.4) is 0 Å². The molecular formula is C17H31N3OS. The molecule has 0 aromatic heterocycles. The van der Waals surface area contributed by atoms with E-state index in [0.717, 1.165) is 38.6 Å². The van der Waals surface area contributed by atoms with Gasteiger partial charge in [0, 0.05) is 45.7 Å². The summed E-state index contributed by atoms with van der Waals surface area (Å²) in [5.74, 6) is 6.93. The topological polar surface area (TPSA) is 19.0 Å². The summed E-state index contributed by atoms with van der Waals surface area (Å²) in [6, 6.07) is 0. The van der Waals surface area contributed by atoms with Gasteiger partial charge in [-0.2, -0.15) is 0 Å². The zero-order chi connectivity index (χ0) is 15.6. The van der Waals surface area contributed by atoms with Gasteiger partial charge in [0.1, 0.15) is 6.61 Å². The third kappa shape index (κ3) is 6.89. The predicted molar refractivity (Wildman–Crippen MR) is 95.0 cm³/mol. The van der Waals surface area contributed by atoms with Crippen molar-refractivity contribution in [1.29, 1.82) is 0 Å². The fourth-order valence-corrected chi connectivity index (χ4v) is 3.35. The van der Waals surface area contributed by atoms with E-state index in [4.69, 9.17) is 4.74 Å². The molecule has 2 rings (SSSR count). The van der Waals surface area contributed by atoms with Crippen LogP contribution in [0.15, 0.2) is 0 Å². The molecule has 4 nitrogen and oxygen atoms in total. The lowest BCUT2D eigenvalue weighted by Crippen LogP contribution is -2.46. The van der Waals surface area contributed by atoms with E-state index in [-0.39, 0.29) is 0 Å². The molecule has 0 aromatic carbocycles. The molecular weight excluding hydrogens is 294 g/mol. The van der Waals surface area contributed by atoms with Gasteiger partial charge in [0.2, 0.25) is 0 Å². The van der Waals surface area contributed by atoms with Crippen molar-refractivity contribution in [3.8, 4) is 11.8 Å². The largest absolute Gasteiger partial charge is 0.367 e. The minimum Gasteiger partial charge on any atom is -0.367 e. The second-order valence-electron chi connectivity index (χ2n) is 6.30. The summed E-state index contributed by atoms with van der Waals surface area (Å²) in [5.41, 5.74) is 0. The minimum absolute atomic E-state index is 0.585. The molecule has 0 spiro atoms. The van der Waals surface area contributed by atoms with Crippen LogP contribution in [0.2, 0.25) is 0 Å². The molecule has 2 aliphatic heterocycles. The van der Waals surface area contributed by atoms with Gasteiger partial charge in [-0.25, -0.2) is 0 Å². The molecule has 2 heterocycles. The summed E-state index contributed by atoms with van der Waals surface area (Å²) in [6.07, 6.45) is 3.58. The zero-order valence-corrected chi connectivity index (χ0v) is 14.9. The molecule has 0 atom stereocenters. The third-order valence-corrected chi connectivity index (χ3v) is 5.00. The Kier molecular flexibility index (Phi) is 8.64. The Labute approximate surface area is 141 Å². The molecule has 0 amide bonds. The number of hydrogen-bond donors (Lipinski definition) is 1. The van der Waals surface area contributed by atoms with Crippen molar-refractivity contribution in [2.75, 3.05) is 65.6 Å². The van der Waals surface area contributed by atoms with Crippen LogP contribution in [0.1, 0.15) is 26.2 Å². The summed E-state index contributed by atoms with van der Waals surface area (Å²) in [7, 11) is 0. The maximum absolute atomic E-state index is 5.56. The van der Waals surface area contributed by atoms with Gasteiger partial charge in [-0.05, 0) is 31.8 Å². The van der Waals surface area contributed by atoms with Crippen molar-refractivity contribution in [2.45, 2.75) is 26.2 Å². The molecule has 0 bridgehead atoms. The average molecular weight is 326 g/mol. The van der Waals surface area contributed by atoms with E-state index in [9.17, 15) is 0 Å². The summed E-state index contributed by atoms with van der Waals surface area (Å²) >= 11 is 4.42. The van der Waals surface area contributed by atoms with E-state index in [1.165, 1.54) is 45.6 Å². The molecule has 2 aliphatic rings. The Morgan fingerprint density at radius 2 is 1.73 bits per heavy atom. The lowest BCUT2D eigenvalue weighted by Gasteiger charge is -2.37. The monoisotopic (exact) mass is 325 g/mol. The Hall–Kier alpha value is -0.250. The van der Waals surface area contributed by atoms with Crippen molar-refractivity contribution in [1.82, 2.24) is 14.1 Å². The van der Waals surface area contributed by atoms with Gasteiger partial charge in [0.05, 0.1) is 6.61 Å². The maximum Gasteiger partial charge on any atom is 0.107 e. The van der Waals surface area contributed by atoms with Gasteiger partial charge in [-0.15, -0.1) is 5.92 Å². The van der Waals surface area contributed by atoms with E-state index in [0.29, 0.717) is 6.61 Å². The molecule has 0 saturated carbocycles. The van der Waals surface area contributed by atoms with Gasteiger partial charge in [0.25, 0.3) is 0 Å². The van der Waals surface area contributed by atoms with Gasteiger partial charge >= 0.3 is 0 Å². The van der Waals surface area contributed by atoms with E-state index < -0.39 is 0 Å². The molecule has 0 unspecified atom stereocenters. The summed E-state index contributed by atoms with van der Waals surface area (Å²) in [6.45, 7) is 12.8. The van der Waals surface area contributed by atoms with Crippen LogP contribution in [-0.4, -0.2) is 79.7 Å². The predicted octanol–water partition coefficient (Wildman–Crippen LogP) is 1.59. The first-order valence-electron chi connectivity index (χ1n) is 8.70. The standard InChI is InChI=1S/C17H31N3OS/c1-2-3-4-14-21-15-13-18-7-5-17(6-8-18)16-19-9-11-20(22)12-10-19/h17,22H,2,5-16H2,1H3. The zero-order valence-electron chi connectivity index (χ0n) is 14.0. The van der Waals surface area contributed by atoms with Crippen LogP contribution in [0.4, 0.5) is 0 Å². The normalized spacial score (nSPS) is 22.5. The molecule has 0 aromatic rings. The number of piperazine rings is 1. The van der Waals surface area contributed by atoms with Gasteiger partial charge in [-0.3, -0.25) is 4.31 Å². The van der Waals surface area contributed by atoms with Crippen LogP contribution in [0.5, 0.6) is 0 Å². The summed E-state index contributed by atoms with van der Waals surface area (Å²) in [5, 5.41) is 0. The van der Waals surface area contributed by atoms with E-state index in [1.807, 2.05) is 0 Å². The number of hydrogen-bond acceptors (Lipinski definition) is 5. The average Bonchev–Trinajstić information content (AvgIpc) is 2.54. The van der Waals surface area contributed by atoms with E-state index in [1.54, 1.807) is 0 Å². The minimum atomic E-state index is 0.585. The quantitative estimate of drug-likeness (QED) is 0.454. The molecule has 5 heteroatoms. The van der Waals surface area contributed by atoms with E-state index in [2.05, 4.69) is 45.7 Å². The molecule has 126 valence electrons. The molecule has 2 saturated heterocycles. The first-order valence-corrected chi connectivity index (χ1v) is 9.10. The fraction of sp³-hybridized carbons (Fsp3) is 0.882. The molecule has 0 radical (unpaired) electrons. The van der Waals surface area contributed by atoms with Crippen molar-refractivity contribution in [2.24, 2.45) is 5.92 Å². The lowest BCUT2D eigenvalue weighted by molar-refractivity contribution is 0.0908. The highest BCUT2D eigenvalue weighted by atomic mass is 32.1. The molecule has 22 heavy (non-hydrogen) atoms. The third-order valence-electron chi connectivity index (χ3n) is 4.60. The number of likely N-dealkylation sites (tertiary alicyclic amines) is 1. The highest BCUT2D eigenvalue weighted by molar-refractivity contribution is 7.77. The number of rotatable bonds is 6. The van der Waals surface area contributed by atoms with Crippen molar-refractivity contribution < 1.29 is 4.74 Å². The number of ether oxygens (including phenoxy) is 1. The van der Waals surface area contributed by atoms with Crippen LogP contribution in [-0.2, 0) is 4.74 Å². The second-order valence-corrected chi connectivity index (χ2v) is 6.86. The highest BCUT2D eigenvalue weighted by Gasteiger charge is 2.22. The van der Waals surface area contributed by atoms with Crippen LogP contribution >= 0.6 is 12.8 Å². The Bertz CT molecular complexity index is 353. The first kappa shape index (κ1) is 18.1. The van der Waals surface area contributed by atoms with Gasteiger partial charge in [0.15, 0.2) is 0 Å². The lowest BCUT2D eigenvalue weighted by atomic mass is 9.96. The molecule has 2 fully saturated rings. The van der Waals surface area contributed by atoms with Crippen molar-refractivity contribution in [3.63, 3.8) is 0 Å². The van der Waals surface area contributed by atoms with Crippen LogP contribution in [0.25, 0.3) is 0 Å².